The molecule has 0 aliphatic carbocycles. The Bertz CT molecular complexity index is 1460. The zero-order chi connectivity index (χ0) is 47.9. The van der Waals surface area contributed by atoms with Crippen molar-refractivity contribution in [3.8, 4) is 0 Å². The lowest BCUT2D eigenvalue weighted by Gasteiger charge is -2.18. The monoisotopic (exact) mass is 911 g/mol. The average molecular weight is 911 g/mol. The molecule has 0 aliphatic heterocycles. The predicted octanol–water partition coefficient (Wildman–Crippen LogP) is 17.5. The van der Waals surface area contributed by atoms with Gasteiger partial charge in [0.2, 0.25) is 0 Å². The Kier molecular flexibility index (Phi) is 49.6. The number of allylic oxidation sites excluding steroid dienone is 22. The van der Waals surface area contributed by atoms with Crippen LogP contribution in [-0.2, 0) is 28.6 Å². The van der Waals surface area contributed by atoms with Gasteiger partial charge >= 0.3 is 17.9 Å². The van der Waals surface area contributed by atoms with E-state index in [0.717, 1.165) is 109 Å². The van der Waals surface area contributed by atoms with Gasteiger partial charge in [-0.05, 0) is 96.3 Å². The molecule has 0 spiro atoms. The Morgan fingerprint density at radius 2 is 0.636 bits per heavy atom. The molecule has 0 aromatic carbocycles. The summed E-state index contributed by atoms with van der Waals surface area (Å²) in [4.78, 5) is 38.0. The molecular formula is C60H94O6. The molecule has 0 aliphatic rings. The number of ether oxygens (including phenoxy) is 3. The minimum Gasteiger partial charge on any atom is -0.462 e. The first-order valence-corrected chi connectivity index (χ1v) is 26.3. The van der Waals surface area contributed by atoms with Gasteiger partial charge in [0, 0.05) is 19.3 Å². The van der Waals surface area contributed by atoms with E-state index in [2.05, 4.69) is 99.8 Å². The molecule has 0 N–H and O–H groups in total. The highest BCUT2D eigenvalue weighted by Crippen LogP contribution is 2.14. The minimum absolute atomic E-state index is 0.114. The SMILES string of the molecule is CC/C=C/C=C/C=C/C=C/C=C/CCCC(=O)OCC(COC(=O)CCCCCCCCCCC/C=C/C/C=C/C/C=C/CC)OC(=O)CCCCCCCC/C=C/C/C=C/C/C=C/CC. The number of hydrogen-bond donors (Lipinski definition) is 0. The van der Waals surface area contributed by atoms with E-state index in [-0.39, 0.29) is 37.5 Å². The molecule has 0 saturated heterocycles. The van der Waals surface area contributed by atoms with Crippen LogP contribution >= 0.6 is 0 Å². The Morgan fingerprint density at radius 3 is 1.08 bits per heavy atom. The summed E-state index contributed by atoms with van der Waals surface area (Å²) in [7, 11) is 0. The van der Waals surface area contributed by atoms with Crippen LogP contribution in [0.25, 0.3) is 0 Å². The molecule has 1 atom stereocenters. The van der Waals surface area contributed by atoms with E-state index in [1.54, 1.807) is 0 Å². The van der Waals surface area contributed by atoms with Crippen LogP contribution < -0.4 is 0 Å². The maximum atomic E-state index is 12.8. The fourth-order valence-electron chi connectivity index (χ4n) is 6.68. The van der Waals surface area contributed by atoms with Crippen molar-refractivity contribution in [3.63, 3.8) is 0 Å². The molecule has 0 saturated carbocycles. The highest BCUT2D eigenvalue weighted by Gasteiger charge is 2.19. The summed E-state index contributed by atoms with van der Waals surface area (Å²) in [6, 6.07) is 0. The molecule has 6 nitrogen and oxygen atoms in total. The topological polar surface area (TPSA) is 78.9 Å². The molecule has 0 radical (unpaired) electrons. The van der Waals surface area contributed by atoms with Crippen molar-refractivity contribution in [1.82, 2.24) is 0 Å². The highest BCUT2D eigenvalue weighted by atomic mass is 16.6. The van der Waals surface area contributed by atoms with E-state index < -0.39 is 6.10 Å². The summed E-state index contributed by atoms with van der Waals surface area (Å²) in [6.07, 6.45) is 74.4. The van der Waals surface area contributed by atoms with Gasteiger partial charge in [0.25, 0.3) is 0 Å². The lowest BCUT2D eigenvalue weighted by Crippen LogP contribution is -2.30. The Hall–Kier alpha value is -4.45. The summed E-state index contributed by atoms with van der Waals surface area (Å²) in [5.74, 6) is -1.02. The van der Waals surface area contributed by atoms with Crippen LogP contribution in [0.15, 0.2) is 134 Å². The molecule has 0 bridgehead atoms. The van der Waals surface area contributed by atoms with Gasteiger partial charge < -0.3 is 14.2 Å². The first-order chi connectivity index (χ1) is 32.5. The van der Waals surface area contributed by atoms with Gasteiger partial charge in [-0.1, -0.05) is 225 Å². The average Bonchev–Trinajstić information content (AvgIpc) is 3.31. The second-order valence-electron chi connectivity index (χ2n) is 16.8. The Balaban J connectivity index is 4.50. The maximum Gasteiger partial charge on any atom is 0.306 e. The Labute approximate surface area is 405 Å². The molecule has 1 unspecified atom stereocenters. The number of carbonyl (C=O) groups is 3. The van der Waals surface area contributed by atoms with Gasteiger partial charge in [0.05, 0.1) is 0 Å². The number of rotatable bonds is 45. The van der Waals surface area contributed by atoms with Gasteiger partial charge in [-0.2, -0.15) is 0 Å². The third-order valence-corrected chi connectivity index (χ3v) is 10.5. The smallest absolute Gasteiger partial charge is 0.306 e. The molecule has 66 heavy (non-hydrogen) atoms. The second-order valence-corrected chi connectivity index (χ2v) is 16.8. The standard InChI is InChI=1S/C60H94O6/c1-4-7-10-13-16-19-22-25-27-29-30-31-33-35-38-41-44-47-50-53-59(62)65-56-57(55-64-58(61)52-49-46-43-40-37-34-24-21-18-15-12-9-6-3)66-60(63)54-51-48-45-42-39-36-32-28-26-23-20-17-14-11-8-5-2/h7-12,15-21,24-28,34,37,40,43,57H,4-6,13-14,22-23,29-33,35-36,38-39,41-42,44-56H2,1-3H3/b10-7+,11-8+,12-9+,18-15+,19-16+,20-17+,24-21+,27-25+,28-26+,37-34+,43-40+. The van der Waals surface area contributed by atoms with Crippen molar-refractivity contribution >= 4 is 17.9 Å². The quantitative estimate of drug-likeness (QED) is 0.0199. The van der Waals surface area contributed by atoms with Crippen LogP contribution in [-0.4, -0.2) is 37.2 Å². The number of unbranched alkanes of at least 4 members (excludes halogenated alkanes) is 16. The summed E-state index contributed by atoms with van der Waals surface area (Å²) < 4.78 is 16.7. The van der Waals surface area contributed by atoms with Gasteiger partial charge in [0.1, 0.15) is 13.2 Å². The van der Waals surface area contributed by atoms with E-state index in [1.165, 1.54) is 51.4 Å². The van der Waals surface area contributed by atoms with E-state index >= 15 is 0 Å². The van der Waals surface area contributed by atoms with Crippen LogP contribution in [0, 0.1) is 0 Å². The van der Waals surface area contributed by atoms with E-state index in [0.29, 0.717) is 19.3 Å². The summed E-state index contributed by atoms with van der Waals surface area (Å²) >= 11 is 0. The molecule has 6 heteroatoms. The van der Waals surface area contributed by atoms with Crippen molar-refractivity contribution in [2.24, 2.45) is 0 Å². The number of carbonyl (C=O) groups excluding carboxylic acids is 3. The van der Waals surface area contributed by atoms with Gasteiger partial charge in [-0.25, -0.2) is 0 Å². The van der Waals surface area contributed by atoms with E-state index in [4.69, 9.17) is 14.2 Å². The minimum atomic E-state index is -0.821. The largest absolute Gasteiger partial charge is 0.462 e. The zero-order valence-electron chi connectivity index (χ0n) is 42.1. The molecule has 0 aromatic rings. The van der Waals surface area contributed by atoms with Crippen molar-refractivity contribution < 1.29 is 28.6 Å². The van der Waals surface area contributed by atoms with Crippen LogP contribution in [0.3, 0.4) is 0 Å². The van der Waals surface area contributed by atoms with Gasteiger partial charge in [-0.15, -0.1) is 0 Å². The molecule has 370 valence electrons. The van der Waals surface area contributed by atoms with Crippen molar-refractivity contribution in [2.45, 2.75) is 213 Å². The zero-order valence-corrected chi connectivity index (χ0v) is 42.1. The summed E-state index contributed by atoms with van der Waals surface area (Å²) in [6.45, 7) is 6.18. The van der Waals surface area contributed by atoms with E-state index in [1.807, 2.05) is 54.7 Å². The van der Waals surface area contributed by atoms with Gasteiger partial charge in [0.15, 0.2) is 6.10 Å². The van der Waals surface area contributed by atoms with Crippen LogP contribution in [0.4, 0.5) is 0 Å². The molecule has 0 fully saturated rings. The molecular weight excluding hydrogens is 817 g/mol. The first-order valence-electron chi connectivity index (χ1n) is 26.3. The predicted molar refractivity (Wildman–Crippen MR) is 283 cm³/mol. The number of hydrogen-bond acceptors (Lipinski definition) is 6. The lowest BCUT2D eigenvalue weighted by molar-refractivity contribution is -0.167. The molecule has 0 amide bonds. The normalized spacial score (nSPS) is 13.2. The fraction of sp³-hybridized carbons (Fsp3) is 0.583. The summed E-state index contributed by atoms with van der Waals surface area (Å²) in [5, 5.41) is 0. The maximum absolute atomic E-state index is 12.8. The highest BCUT2D eigenvalue weighted by molar-refractivity contribution is 5.71. The van der Waals surface area contributed by atoms with Crippen LogP contribution in [0.5, 0.6) is 0 Å². The number of esters is 3. The summed E-state index contributed by atoms with van der Waals surface area (Å²) in [5.41, 5.74) is 0. The van der Waals surface area contributed by atoms with Gasteiger partial charge in [-0.3, -0.25) is 14.4 Å². The Morgan fingerprint density at radius 1 is 0.318 bits per heavy atom. The van der Waals surface area contributed by atoms with Crippen molar-refractivity contribution in [1.29, 1.82) is 0 Å². The molecule has 0 aromatic heterocycles. The van der Waals surface area contributed by atoms with Crippen molar-refractivity contribution in [3.05, 3.63) is 134 Å². The van der Waals surface area contributed by atoms with E-state index in [9.17, 15) is 14.4 Å². The second kappa shape index (κ2) is 53.2. The molecule has 0 heterocycles. The van der Waals surface area contributed by atoms with Crippen LogP contribution in [0.1, 0.15) is 207 Å². The third kappa shape index (κ3) is 50.5. The third-order valence-electron chi connectivity index (χ3n) is 10.5. The first kappa shape index (κ1) is 61.5. The fourth-order valence-corrected chi connectivity index (χ4v) is 6.68. The lowest BCUT2D eigenvalue weighted by atomic mass is 10.1. The molecule has 0 rings (SSSR count). The van der Waals surface area contributed by atoms with Crippen LogP contribution in [0.2, 0.25) is 0 Å². The van der Waals surface area contributed by atoms with Crippen molar-refractivity contribution in [2.75, 3.05) is 13.2 Å².